The van der Waals surface area contributed by atoms with Gasteiger partial charge in [0, 0.05) is 0 Å². The monoisotopic (exact) mass is 422 g/mol. The van der Waals surface area contributed by atoms with E-state index in [1.807, 2.05) is 0 Å². The minimum absolute atomic E-state index is 0.0852. The van der Waals surface area contributed by atoms with Gasteiger partial charge in [-0.15, -0.1) is 0 Å². The van der Waals surface area contributed by atoms with E-state index >= 15 is 0 Å². The van der Waals surface area contributed by atoms with Crippen molar-refractivity contribution in [2.75, 3.05) is 0 Å². The molecule has 0 amide bonds. The second-order valence-corrected chi connectivity index (χ2v) is 17.2. The molecule has 3 heteroatoms. The van der Waals surface area contributed by atoms with E-state index in [4.69, 9.17) is 9.95 Å². The van der Waals surface area contributed by atoms with Crippen LogP contribution < -0.4 is 0 Å². The predicted molar refractivity (Wildman–Crippen MR) is 97.7 cm³/mol. The summed E-state index contributed by atoms with van der Waals surface area (Å²) in [4.78, 5) is 0. The third kappa shape index (κ3) is 3.11. The molecule has 0 aromatic rings. The van der Waals surface area contributed by atoms with E-state index in [-0.39, 0.29) is 4.20 Å². The first-order valence-corrected chi connectivity index (χ1v) is 15.5. The Labute approximate surface area is 141 Å². The summed E-state index contributed by atoms with van der Waals surface area (Å²) in [5.74, 6) is 2.23. The molecule has 0 aromatic carbocycles. The molecular weight excluding hydrogens is 394 g/mol. The molecule has 0 N–H and O–H groups in total. The van der Waals surface area contributed by atoms with Gasteiger partial charge in [0.15, 0.2) is 0 Å². The van der Waals surface area contributed by atoms with E-state index in [0.29, 0.717) is 23.7 Å². The summed E-state index contributed by atoms with van der Waals surface area (Å²) in [5, 5.41) is 0. The number of halogens is 2. The van der Waals surface area contributed by atoms with Crippen LogP contribution in [0.2, 0.25) is 4.20 Å². The number of allylic oxidation sites excluding steroid dienone is 4. The summed E-state index contributed by atoms with van der Waals surface area (Å²) in [7, 11) is 6.80. The minimum atomic E-state index is -1.61. The first kappa shape index (κ1) is 18.9. The van der Waals surface area contributed by atoms with Gasteiger partial charge in [-0.1, -0.05) is 0 Å². The maximum absolute atomic E-state index is 6.80. The van der Waals surface area contributed by atoms with Crippen LogP contribution in [0.1, 0.15) is 55.4 Å². The summed E-state index contributed by atoms with van der Waals surface area (Å²) in [6.07, 6.45) is 2.54. The zero-order valence-corrected chi connectivity index (χ0v) is 18.3. The van der Waals surface area contributed by atoms with Crippen molar-refractivity contribution in [3.8, 4) is 0 Å². The van der Waals surface area contributed by atoms with Gasteiger partial charge in [-0.05, 0) is 0 Å². The van der Waals surface area contributed by atoms with Crippen LogP contribution in [-0.2, 0) is 0 Å². The van der Waals surface area contributed by atoms with Crippen molar-refractivity contribution < 1.29 is 0 Å². The van der Waals surface area contributed by atoms with Crippen LogP contribution in [0, 0.1) is 23.7 Å². The summed E-state index contributed by atoms with van der Waals surface area (Å²) in [5.41, 5.74) is 4.73. The predicted octanol–water partition coefficient (Wildman–Crippen LogP) is 6.71. The van der Waals surface area contributed by atoms with E-state index in [1.54, 1.807) is 11.1 Å². The first-order chi connectivity index (χ1) is 9.07. The van der Waals surface area contributed by atoms with Crippen molar-refractivity contribution in [3.63, 3.8) is 0 Å². The van der Waals surface area contributed by atoms with Crippen LogP contribution in [0.4, 0.5) is 0 Å². The van der Waals surface area contributed by atoms with E-state index in [0.717, 1.165) is 0 Å². The number of rotatable bonds is 5. The van der Waals surface area contributed by atoms with Gasteiger partial charge >= 0.3 is 142 Å². The number of hydrogen-bond donors (Lipinski definition) is 0. The molecule has 1 aliphatic carbocycles. The third-order valence-corrected chi connectivity index (χ3v) is 11.9. The summed E-state index contributed by atoms with van der Waals surface area (Å²) < 4.78 is 0.0852. The van der Waals surface area contributed by atoms with Gasteiger partial charge in [-0.3, -0.25) is 0 Å². The van der Waals surface area contributed by atoms with E-state index in [2.05, 4.69) is 75.4 Å². The van der Waals surface area contributed by atoms with Crippen molar-refractivity contribution in [1.82, 2.24) is 0 Å². The van der Waals surface area contributed by atoms with E-state index in [1.165, 1.54) is 5.57 Å². The van der Waals surface area contributed by atoms with Gasteiger partial charge in [-0.2, -0.15) is 0 Å². The third-order valence-electron chi connectivity index (χ3n) is 4.34. The molecule has 0 aromatic heterocycles. The molecule has 20 heavy (non-hydrogen) atoms. The Kier molecular flexibility index (Phi) is 6.53. The first-order valence-electron chi connectivity index (χ1n) is 7.66. The Morgan fingerprint density at radius 1 is 0.950 bits per heavy atom. The average molecular weight is 424 g/mol. The van der Waals surface area contributed by atoms with Crippen LogP contribution in [-0.4, -0.2) is 11.8 Å². The molecule has 0 spiro atoms. The number of hydrogen-bond acceptors (Lipinski definition) is 0. The van der Waals surface area contributed by atoms with E-state index in [9.17, 15) is 0 Å². The molecule has 1 aliphatic rings. The molecule has 0 aliphatic heterocycles. The Morgan fingerprint density at radius 3 is 1.70 bits per heavy atom. The van der Waals surface area contributed by atoms with Crippen LogP contribution >= 0.6 is 23.9 Å². The Morgan fingerprint density at radius 2 is 1.45 bits per heavy atom. The second kappa shape index (κ2) is 6.93. The van der Waals surface area contributed by atoms with Crippen molar-refractivity contribution in [2.45, 2.75) is 59.6 Å². The summed E-state index contributed by atoms with van der Waals surface area (Å²) >= 11 is 2.24. The van der Waals surface area contributed by atoms with Crippen LogP contribution in [0.3, 0.4) is 0 Å². The molecular formula is C17H29AsBrCl. The van der Waals surface area contributed by atoms with Crippen molar-refractivity contribution in [3.05, 3.63) is 22.8 Å². The molecule has 0 saturated heterocycles. The molecule has 2 unspecified atom stereocenters. The Hall–Kier alpha value is 0.808. The molecule has 1 rings (SSSR count). The second-order valence-electron chi connectivity index (χ2n) is 7.10. The standard InChI is InChI=1S/C17H29AsBrCl/c1-10(2)14-9-17(13(7)8,18(19)20)16(12(5)6)15(14)11(3)4/h9-13H,1-8H3. The molecule has 0 fully saturated rings. The molecule has 0 bridgehead atoms. The van der Waals surface area contributed by atoms with Gasteiger partial charge in [0.2, 0.25) is 0 Å². The molecule has 0 radical (unpaired) electrons. The summed E-state index contributed by atoms with van der Waals surface area (Å²) in [6, 6.07) is 0. The fourth-order valence-electron chi connectivity index (χ4n) is 3.47. The van der Waals surface area contributed by atoms with Gasteiger partial charge in [-0.25, -0.2) is 0 Å². The van der Waals surface area contributed by atoms with Crippen LogP contribution in [0.15, 0.2) is 22.8 Å². The average Bonchev–Trinajstić information content (AvgIpc) is 2.65. The summed E-state index contributed by atoms with van der Waals surface area (Å²) in [6.45, 7) is 18.6. The van der Waals surface area contributed by atoms with Gasteiger partial charge < -0.3 is 0 Å². The SMILES string of the molecule is CC(C)C1=CC(C(C)C)([As](Cl)Br)C(C(C)C)=C1C(C)C. The van der Waals surface area contributed by atoms with Crippen LogP contribution in [0.25, 0.3) is 0 Å². The van der Waals surface area contributed by atoms with E-state index < -0.39 is 11.8 Å². The Balaban J connectivity index is 3.68. The van der Waals surface area contributed by atoms with Crippen LogP contribution in [0.5, 0.6) is 0 Å². The fourth-order valence-corrected chi connectivity index (χ4v) is 11.4. The normalized spacial score (nSPS) is 25.4. The molecule has 0 nitrogen and oxygen atoms in total. The van der Waals surface area contributed by atoms with Crippen molar-refractivity contribution in [1.29, 1.82) is 0 Å². The topological polar surface area (TPSA) is 0 Å². The molecule has 2 atom stereocenters. The fraction of sp³-hybridized carbons (Fsp3) is 0.765. The van der Waals surface area contributed by atoms with Gasteiger partial charge in [0.25, 0.3) is 0 Å². The van der Waals surface area contributed by atoms with Crippen molar-refractivity contribution in [2.24, 2.45) is 23.7 Å². The van der Waals surface area contributed by atoms with Gasteiger partial charge in [0.05, 0.1) is 0 Å². The van der Waals surface area contributed by atoms with Crippen molar-refractivity contribution >= 4 is 35.7 Å². The maximum atomic E-state index is 6.80. The molecule has 116 valence electrons. The molecule has 0 heterocycles. The quantitative estimate of drug-likeness (QED) is 0.431. The zero-order chi connectivity index (χ0) is 15.8. The zero-order valence-electron chi connectivity index (χ0n) is 14.1. The molecule has 0 saturated carbocycles. The Bertz CT molecular complexity index is 409. The van der Waals surface area contributed by atoms with Gasteiger partial charge in [0.1, 0.15) is 0 Å².